The van der Waals surface area contributed by atoms with E-state index in [1.807, 2.05) is 133 Å². The summed E-state index contributed by atoms with van der Waals surface area (Å²) < 4.78 is 11.4. The molecule has 0 fully saturated rings. The summed E-state index contributed by atoms with van der Waals surface area (Å²) in [6.07, 6.45) is 2.94. The molecule has 0 bridgehead atoms. The number of para-hydroxylation sites is 2. The standard InChI is InChI=1S/2C23H14ClN3O2.2ClH.Co/c2*24-22-16(11-15-6-2-4-8-19(15)26-22)13-25-27-23(28)21-12-18-17-7-3-1-5-14(17)9-10-20(18)29-21;;;/h2*1-13H,(H,27,28);2*1H;/q;;;;+2/p-2/b2*25-13+;;;. The first-order chi connectivity index (χ1) is 28.4. The third-order valence-electron chi connectivity index (χ3n) is 9.45. The summed E-state index contributed by atoms with van der Waals surface area (Å²) >= 11 is 12.4. The van der Waals surface area contributed by atoms with Crippen LogP contribution in [0.25, 0.3) is 65.3 Å². The van der Waals surface area contributed by atoms with E-state index >= 15 is 0 Å². The molecule has 0 atom stereocenters. The smallest absolute Gasteiger partial charge is 1.00 e. The number of hydrogen-bond donors (Lipinski definition) is 2. The summed E-state index contributed by atoms with van der Waals surface area (Å²) in [5.41, 5.74) is 9.09. The molecule has 0 aliphatic rings. The Labute approximate surface area is 380 Å². The predicted octanol–water partition coefficient (Wildman–Crippen LogP) is 5.11. The van der Waals surface area contributed by atoms with Crippen LogP contribution in [0, 0.1) is 0 Å². The number of nitrogens with one attached hydrogen (secondary N) is 2. The van der Waals surface area contributed by atoms with Crippen LogP contribution in [0.15, 0.2) is 165 Å². The fourth-order valence-electron chi connectivity index (χ4n) is 6.64. The Kier molecular flexibility index (Phi) is 14.1. The number of fused-ring (bicyclic) bond motifs is 8. The number of aromatic nitrogens is 2. The molecule has 2 N–H and O–H groups in total. The van der Waals surface area contributed by atoms with Crippen molar-refractivity contribution in [1.82, 2.24) is 20.8 Å². The van der Waals surface area contributed by atoms with Crippen molar-refractivity contribution in [1.29, 1.82) is 0 Å². The number of rotatable bonds is 6. The Morgan fingerprint density at radius 3 is 1.30 bits per heavy atom. The van der Waals surface area contributed by atoms with E-state index in [1.165, 1.54) is 12.4 Å². The van der Waals surface area contributed by atoms with Crippen LogP contribution in [0.4, 0.5) is 0 Å². The van der Waals surface area contributed by atoms with E-state index < -0.39 is 11.8 Å². The molecule has 0 unspecified atom stereocenters. The fraction of sp³-hybridized carbons (Fsp3) is 0. The quantitative estimate of drug-likeness (QED) is 0.135. The van der Waals surface area contributed by atoms with Crippen LogP contribution in [0.3, 0.4) is 0 Å². The van der Waals surface area contributed by atoms with Gasteiger partial charge in [-0.3, -0.25) is 9.59 Å². The number of halogens is 4. The Morgan fingerprint density at radius 2 is 0.869 bits per heavy atom. The number of hydrazone groups is 2. The van der Waals surface area contributed by atoms with E-state index in [4.69, 9.17) is 32.0 Å². The van der Waals surface area contributed by atoms with E-state index in [0.717, 1.165) is 54.1 Å². The molecular formula is C46H28Cl4CoN6O4. The maximum Gasteiger partial charge on any atom is 2.00 e. The first kappa shape index (κ1) is 44.2. The average molecular weight is 930 g/mol. The van der Waals surface area contributed by atoms with Gasteiger partial charge in [-0.25, -0.2) is 20.8 Å². The van der Waals surface area contributed by atoms with Gasteiger partial charge in [0.15, 0.2) is 11.5 Å². The van der Waals surface area contributed by atoms with Gasteiger partial charge in [-0.15, -0.1) is 0 Å². The van der Waals surface area contributed by atoms with Gasteiger partial charge in [0, 0.05) is 32.7 Å². The average Bonchev–Trinajstić information content (AvgIpc) is 3.90. The number of hydrogen-bond acceptors (Lipinski definition) is 8. The van der Waals surface area contributed by atoms with Crippen LogP contribution in [0.5, 0.6) is 0 Å². The van der Waals surface area contributed by atoms with Crippen molar-refractivity contribution < 1.29 is 60.0 Å². The molecule has 10 rings (SSSR count). The molecule has 4 aromatic heterocycles. The van der Waals surface area contributed by atoms with Crippen LogP contribution in [0.2, 0.25) is 10.3 Å². The molecule has 15 heteroatoms. The normalized spacial score (nSPS) is 11.0. The van der Waals surface area contributed by atoms with Crippen LogP contribution in [-0.2, 0) is 16.8 Å². The van der Waals surface area contributed by atoms with Gasteiger partial charge in [0.25, 0.3) is 0 Å². The minimum absolute atomic E-state index is 0. The predicted molar refractivity (Wildman–Crippen MR) is 231 cm³/mol. The summed E-state index contributed by atoms with van der Waals surface area (Å²) in [5.74, 6) is -0.495. The number of nitrogens with zero attached hydrogens (tertiary/aromatic N) is 4. The van der Waals surface area contributed by atoms with E-state index in [1.54, 1.807) is 12.1 Å². The number of benzene rings is 6. The molecule has 0 spiro atoms. The van der Waals surface area contributed by atoms with Gasteiger partial charge in [0.1, 0.15) is 21.5 Å². The third kappa shape index (κ3) is 9.38. The minimum Gasteiger partial charge on any atom is -1.00 e. The number of carbonyl (C=O) groups is 2. The van der Waals surface area contributed by atoms with Crippen LogP contribution < -0.4 is 35.7 Å². The van der Waals surface area contributed by atoms with Gasteiger partial charge in [0.2, 0.25) is 0 Å². The van der Waals surface area contributed by atoms with Gasteiger partial charge in [-0.2, -0.15) is 10.2 Å². The molecule has 2 amide bonds. The molecule has 0 aliphatic heterocycles. The maximum absolute atomic E-state index is 12.5. The van der Waals surface area contributed by atoms with Crippen molar-refractivity contribution in [2.45, 2.75) is 0 Å². The molecule has 0 saturated heterocycles. The molecule has 6 aromatic carbocycles. The molecule has 10 nitrogen and oxygen atoms in total. The van der Waals surface area contributed by atoms with Crippen molar-refractivity contribution in [3.05, 3.63) is 179 Å². The summed E-state index contributed by atoms with van der Waals surface area (Å²) in [6.45, 7) is 0. The Morgan fingerprint density at radius 1 is 0.492 bits per heavy atom. The topological polar surface area (TPSA) is 135 Å². The van der Waals surface area contributed by atoms with Crippen LogP contribution in [-0.4, -0.2) is 34.2 Å². The molecule has 4 heterocycles. The number of pyridine rings is 2. The maximum atomic E-state index is 12.5. The van der Waals surface area contributed by atoms with Crippen molar-refractivity contribution in [2.24, 2.45) is 10.2 Å². The van der Waals surface area contributed by atoms with E-state index in [-0.39, 0.29) is 53.1 Å². The molecular weight excluding hydrogens is 901 g/mol. The van der Waals surface area contributed by atoms with E-state index in [0.29, 0.717) is 32.6 Å². The second-order valence-electron chi connectivity index (χ2n) is 13.1. The van der Waals surface area contributed by atoms with Crippen LogP contribution in [0.1, 0.15) is 32.2 Å². The first-order valence-electron chi connectivity index (χ1n) is 18.0. The van der Waals surface area contributed by atoms with Gasteiger partial charge < -0.3 is 33.6 Å². The van der Waals surface area contributed by atoms with E-state index in [9.17, 15) is 9.59 Å². The fourth-order valence-corrected chi connectivity index (χ4v) is 7.03. The third-order valence-corrected chi connectivity index (χ3v) is 10.1. The summed E-state index contributed by atoms with van der Waals surface area (Å²) in [5, 5.41) is 16.5. The van der Waals surface area contributed by atoms with Crippen LogP contribution >= 0.6 is 23.2 Å². The Bertz CT molecular complexity index is 3080. The summed E-state index contributed by atoms with van der Waals surface area (Å²) in [6, 6.07) is 46.1. The Balaban J connectivity index is 0.000000194. The molecule has 1 radical (unpaired) electrons. The second-order valence-corrected chi connectivity index (χ2v) is 13.9. The first-order valence-corrected chi connectivity index (χ1v) is 18.7. The zero-order chi connectivity index (χ0) is 39.6. The molecule has 10 aromatic rings. The summed E-state index contributed by atoms with van der Waals surface area (Å²) in [7, 11) is 0. The van der Waals surface area contributed by atoms with Gasteiger partial charge in [0.05, 0.1) is 23.5 Å². The SMILES string of the molecule is O=C(N/N=C/c1cc2ccccc2nc1Cl)c1cc2c(ccc3ccccc32)o1.O=C(N/N=C/c1cc2ccccc2nc1Cl)c1cc2c(ccc3ccccc32)o1.[Cl-].[Cl-].[Co+2]. The largest absolute Gasteiger partial charge is 2.00 e. The van der Waals surface area contributed by atoms with Gasteiger partial charge in [-0.05, 0) is 70.1 Å². The second kappa shape index (κ2) is 19.4. The molecule has 303 valence electrons. The van der Waals surface area contributed by atoms with Crippen molar-refractivity contribution in [3.63, 3.8) is 0 Å². The van der Waals surface area contributed by atoms with Crippen molar-refractivity contribution in [2.75, 3.05) is 0 Å². The van der Waals surface area contributed by atoms with Crippen molar-refractivity contribution >= 4 is 113 Å². The monoisotopic (exact) mass is 927 g/mol. The zero-order valence-electron chi connectivity index (χ0n) is 31.3. The molecule has 0 saturated carbocycles. The summed E-state index contributed by atoms with van der Waals surface area (Å²) in [4.78, 5) is 33.6. The molecule has 0 aliphatic carbocycles. The zero-order valence-corrected chi connectivity index (χ0v) is 35.3. The van der Waals surface area contributed by atoms with E-state index in [2.05, 4.69) is 31.0 Å². The number of amides is 2. The van der Waals surface area contributed by atoms with Gasteiger partial charge in [-0.1, -0.05) is 120 Å². The number of furan rings is 2. The Hall–Kier alpha value is -6.31. The van der Waals surface area contributed by atoms with Gasteiger partial charge >= 0.3 is 28.6 Å². The van der Waals surface area contributed by atoms with Crippen molar-refractivity contribution in [3.8, 4) is 0 Å². The molecule has 61 heavy (non-hydrogen) atoms. The minimum atomic E-state index is -0.439. The number of carbonyl (C=O) groups excluding carboxylic acids is 2.